The predicted octanol–water partition coefficient (Wildman–Crippen LogP) is 3.35. The van der Waals surface area contributed by atoms with Crippen molar-refractivity contribution in [2.75, 3.05) is 0 Å². The summed E-state index contributed by atoms with van der Waals surface area (Å²) in [6, 6.07) is 8.63. The number of likely N-dealkylation sites (tertiary alicyclic amines) is 1. The minimum Gasteiger partial charge on any atom is -0.329 e. The lowest BCUT2D eigenvalue weighted by molar-refractivity contribution is -0.144. The third kappa shape index (κ3) is 2.71. The Balaban J connectivity index is 2.06. The van der Waals surface area contributed by atoms with Crippen LogP contribution in [-0.2, 0) is 4.79 Å². The summed E-state index contributed by atoms with van der Waals surface area (Å²) in [7, 11) is 0. The lowest BCUT2D eigenvalue weighted by atomic mass is 9.84. The largest absolute Gasteiger partial charge is 0.329 e. The molecule has 1 aliphatic heterocycles. The number of amides is 1. The molecule has 114 valence electrons. The fraction of sp³-hybridized carbons (Fsp3) is 0.611. The van der Waals surface area contributed by atoms with Crippen molar-refractivity contribution >= 4 is 5.91 Å². The van der Waals surface area contributed by atoms with E-state index < -0.39 is 0 Å². The van der Waals surface area contributed by atoms with E-state index in [9.17, 15) is 4.79 Å². The molecule has 1 amide bonds. The smallest absolute Gasteiger partial charge is 0.223 e. The van der Waals surface area contributed by atoms with Crippen LogP contribution in [0.5, 0.6) is 0 Å². The van der Waals surface area contributed by atoms with Gasteiger partial charge in [-0.1, -0.05) is 24.3 Å². The summed E-state index contributed by atoms with van der Waals surface area (Å²) in [5.74, 6) is 0.909. The van der Waals surface area contributed by atoms with Crippen molar-refractivity contribution in [3.63, 3.8) is 0 Å². The second-order valence-corrected chi connectivity index (χ2v) is 7.49. The molecule has 2 aliphatic rings. The summed E-state index contributed by atoms with van der Waals surface area (Å²) >= 11 is 0. The molecule has 2 unspecified atom stereocenters. The summed E-state index contributed by atoms with van der Waals surface area (Å²) in [4.78, 5) is 14.6. The molecule has 0 radical (unpaired) electrons. The molecule has 1 saturated heterocycles. The van der Waals surface area contributed by atoms with E-state index in [4.69, 9.17) is 5.73 Å². The molecule has 1 aromatic carbocycles. The molecule has 0 spiro atoms. The van der Waals surface area contributed by atoms with E-state index in [1.54, 1.807) is 0 Å². The van der Waals surface area contributed by atoms with Crippen molar-refractivity contribution < 1.29 is 4.79 Å². The quantitative estimate of drug-likeness (QED) is 0.906. The average molecular weight is 286 g/mol. The van der Waals surface area contributed by atoms with Crippen molar-refractivity contribution in [3.8, 4) is 0 Å². The van der Waals surface area contributed by atoms with Crippen LogP contribution in [0.25, 0.3) is 0 Å². The summed E-state index contributed by atoms with van der Waals surface area (Å²) in [6.45, 7) is 6.32. The van der Waals surface area contributed by atoms with Gasteiger partial charge in [-0.3, -0.25) is 4.79 Å². The molecule has 3 rings (SSSR count). The minimum absolute atomic E-state index is 0.0167. The second-order valence-electron chi connectivity index (χ2n) is 7.49. The fourth-order valence-electron chi connectivity index (χ4n) is 3.62. The average Bonchev–Trinajstić information content (AvgIpc) is 3.24. The van der Waals surface area contributed by atoms with Gasteiger partial charge >= 0.3 is 0 Å². The fourth-order valence-corrected chi connectivity index (χ4v) is 3.62. The first-order valence-electron chi connectivity index (χ1n) is 8.06. The van der Waals surface area contributed by atoms with Crippen LogP contribution >= 0.6 is 0 Å². The van der Waals surface area contributed by atoms with Crippen LogP contribution in [0.2, 0.25) is 0 Å². The van der Waals surface area contributed by atoms with E-state index in [1.165, 1.54) is 24.0 Å². The summed E-state index contributed by atoms with van der Waals surface area (Å²) < 4.78 is 0. The van der Waals surface area contributed by atoms with Crippen LogP contribution in [-0.4, -0.2) is 22.4 Å². The van der Waals surface area contributed by atoms with E-state index in [2.05, 4.69) is 45.0 Å². The highest BCUT2D eigenvalue weighted by Crippen LogP contribution is 2.46. The third-order valence-corrected chi connectivity index (χ3v) is 4.70. The summed E-state index contributed by atoms with van der Waals surface area (Å²) in [5, 5.41) is 0. The molecule has 1 aliphatic carbocycles. The van der Waals surface area contributed by atoms with Gasteiger partial charge in [-0.05, 0) is 57.1 Å². The molecular formula is C18H26N2O. The first kappa shape index (κ1) is 14.6. The van der Waals surface area contributed by atoms with E-state index >= 15 is 0 Å². The van der Waals surface area contributed by atoms with E-state index in [0.717, 1.165) is 6.42 Å². The molecule has 21 heavy (non-hydrogen) atoms. The van der Waals surface area contributed by atoms with Gasteiger partial charge in [0.25, 0.3) is 0 Å². The van der Waals surface area contributed by atoms with Crippen molar-refractivity contribution in [2.24, 2.45) is 5.73 Å². The molecule has 1 heterocycles. The zero-order valence-corrected chi connectivity index (χ0v) is 13.3. The maximum atomic E-state index is 12.5. The van der Waals surface area contributed by atoms with Gasteiger partial charge in [-0.2, -0.15) is 0 Å². The zero-order chi connectivity index (χ0) is 15.2. The number of nitrogens with two attached hydrogens (primary N) is 1. The molecule has 0 aromatic heterocycles. The normalized spacial score (nSPS) is 27.0. The Bertz CT molecular complexity index is 542. The van der Waals surface area contributed by atoms with Gasteiger partial charge in [-0.15, -0.1) is 0 Å². The molecule has 1 aromatic rings. The van der Waals surface area contributed by atoms with Gasteiger partial charge in [0.05, 0.1) is 6.04 Å². The van der Waals surface area contributed by atoms with Crippen molar-refractivity contribution in [2.45, 2.75) is 70.0 Å². The number of piperidine rings is 1. The van der Waals surface area contributed by atoms with E-state index in [0.29, 0.717) is 12.3 Å². The molecule has 2 atom stereocenters. The second kappa shape index (κ2) is 5.13. The number of benzene rings is 1. The van der Waals surface area contributed by atoms with Crippen LogP contribution < -0.4 is 5.73 Å². The first-order valence-corrected chi connectivity index (χ1v) is 8.06. The number of carbonyl (C=O) groups excluding carboxylic acids is 1. The van der Waals surface area contributed by atoms with Crippen LogP contribution in [0.3, 0.4) is 0 Å². The predicted molar refractivity (Wildman–Crippen MR) is 85.0 cm³/mol. The van der Waals surface area contributed by atoms with Crippen molar-refractivity contribution in [1.29, 1.82) is 0 Å². The number of nitrogens with zero attached hydrogens (tertiary/aromatic N) is 1. The first-order chi connectivity index (χ1) is 9.89. The highest BCUT2D eigenvalue weighted by molar-refractivity contribution is 5.79. The minimum atomic E-state index is -0.198. The Kier molecular flexibility index (Phi) is 3.56. The maximum absolute atomic E-state index is 12.5. The van der Waals surface area contributed by atoms with Crippen LogP contribution in [0.1, 0.15) is 69.5 Å². The standard InChI is InChI=1S/C18H26N2O/c1-18(2,3)20-16(21)11-10-15(19)17(20)14-7-5-4-6-13(14)12-8-9-12/h4-7,12,15,17H,8-11,19H2,1-3H3. The number of hydrogen-bond donors (Lipinski definition) is 1. The van der Waals surface area contributed by atoms with Crippen LogP contribution in [0, 0.1) is 0 Å². The molecule has 2 N–H and O–H groups in total. The summed E-state index contributed by atoms with van der Waals surface area (Å²) in [5.41, 5.74) is 8.94. The van der Waals surface area contributed by atoms with Gasteiger partial charge in [0.2, 0.25) is 5.91 Å². The van der Waals surface area contributed by atoms with Crippen LogP contribution in [0.4, 0.5) is 0 Å². The van der Waals surface area contributed by atoms with Crippen molar-refractivity contribution in [3.05, 3.63) is 35.4 Å². The Morgan fingerprint density at radius 2 is 1.71 bits per heavy atom. The number of hydrogen-bond acceptors (Lipinski definition) is 2. The molecule has 3 nitrogen and oxygen atoms in total. The van der Waals surface area contributed by atoms with Gasteiger partial charge in [-0.25, -0.2) is 0 Å². The van der Waals surface area contributed by atoms with Crippen LogP contribution in [0.15, 0.2) is 24.3 Å². The summed E-state index contributed by atoms with van der Waals surface area (Å²) in [6.07, 6.45) is 3.89. The van der Waals surface area contributed by atoms with E-state index in [-0.39, 0.29) is 23.5 Å². The monoisotopic (exact) mass is 286 g/mol. The van der Waals surface area contributed by atoms with Gasteiger partial charge in [0, 0.05) is 18.0 Å². The molecule has 1 saturated carbocycles. The Labute approximate surface area is 127 Å². The highest BCUT2D eigenvalue weighted by atomic mass is 16.2. The lowest BCUT2D eigenvalue weighted by Gasteiger charge is -2.48. The number of carbonyl (C=O) groups is 1. The Hall–Kier alpha value is -1.35. The van der Waals surface area contributed by atoms with E-state index in [1.807, 2.05) is 4.90 Å². The molecule has 3 heteroatoms. The van der Waals surface area contributed by atoms with Gasteiger partial charge in [0.15, 0.2) is 0 Å². The maximum Gasteiger partial charge on any atom is 0.223 e. The van der Waals surface area contributed by atoms with Gasteiger partial charge < -0.3 is 10.6 Å². The SMILES string of the molecule is CC(C)(C)N1C(=O)CCC(N)C1c1ccccc1C1CC1. The third-order valence-electron chi connectivity index (χ3n) is 4.70. The highest BCUT2D eigenvalue weighted by Gasteiger charge is 2.42. The Morgan fingerprint density at radius 3 is 2.29 bits per heavy atom. The zero-order valence-electron chi connectivity index (χ0n) is 13.3. The molecule has 2 fully saturated rings. The number of rotatable bonds is 2. The van der Waals surface area contributed by atoms with Crippen molar-refractivity contribution in [1.82, 2.24) is 4.90 Å². The topological polar surface area (TPSA) is 46.3 Å². The molecular weight excluding hydrogens is 260 g/mol. The molecule has 0 bridgehead atoms. The lowest BCUT2D eigenvalue weighted by Crippen LogP contribution is -2.56. The Morgan fingerprint density at radius 1 is 1.10 bits per heavy atom. The van der Waals surface area contributed by atoms with Gasteiger partial charge in [0.1, 0.15) is 0 Å².